The molecule has 4 heteroatoms. The van der Waals surface area contributed by atoms with Gasteiger partial charge >= 0.3 is 0 Å². The normalized spacial score (nSPS) is 20.1. The SMILES string of the molecule is CCC(C)c1cnn(C[C@H]2CCCN(CCCCC(=O)C(C)C)C2)c1. The maximum Gasteiger partial charge on any atom is 0.135 e. The van der Waals surface area contributed by atoms with Gasteiger partial charge in [-0.05, 0) is 62.6 Å². The first-order valence-electron chi connectivity index (χ1n) is 10.3. The number of likely N-dealkylation sites (tertiary alicyclic amines) is 1. The van der Waals surface area contributed by atoms with Gasteiger partial charge in [0, 0.05) is 31.6 Å². The Hall–Kier alpha value is -1.16. The number of rotatable bonds is 10. The monoisotopic (exact) mass is 347 g/mol. The van der Waals surface area contributed by atoms with Gasteiger partial charge in [-0.15, -0.1) is 0 Å². The summed E-state index contributed by atoms with van der Waals surface area (Å²) in [5, 5.41) is 4.58. The van der Waals surface area contributed by atoms with Crippen LogP contribution in [-0.2, 0) is 11.3 Å². The Balaban J connectivity index is 1.71. The van der Waals surface area contributed by atoms with Gasteiger partial charge in [-0.2, -0.15) is 5.10 Å². The Morgan fingerprint density at radius 2 is 2.12 bits per heavy atom. The molecule has 0 radical (unpaired) electrons. The molecule has 2 atom stereocenters. The van der Waals surface area contributed by atoms with Crippen LogP contribution in [-0.4, -0.2) is 40.1 Å². The Morgan fingerprint density at radius 1 is 1.32 bits per heavy atom. The summed E-state index contributed by atoms with van der Waals surface area (Å²) in [6.45, 7) is 13.1. The Morgan fingerprint density at radius 3 is 2.84 bits per heavy atom. The van der Waals surface area contributed by atoms with Gasteiger partial charge in [-0.25, -0.2) is 0 Å². The van der Waals surface area contributed by atoms with E-state index in [1.54, 1.807) is 0 Å². The second-order valence-electron chi connectivity index (χ2n) is 8.19. The molecule has 2 heterocycles. The van der Waals surface area contributed by atoms with Crippen molar-refractivity contribution in [2.24, 2.45) is 11.8 Å². The van der Waals surface area contributed by atoms with E-state index < -0.39 is 0 Å². The first-order chi connectivity index (χ1) is 12.0. The van der Waals surface area contributed by atoms with E-state index in [-0.39, 0.29) is 5.92 Å². The van der Waals surface area contributed by atoms with Gasteiger partial charge in [0.2, 0.25) is 0 Å². The van der Waals surface area contributed by atoms with Crippen LogP contribution in [0.2, 0.25) is 0 Å². The Bertz CT molecular complexity index is 523. The molecule has 2 rings (SSSR count). The molecule has 0 bridgehead atoms. The number of Topliss-reactive ketones (excluding diaryl/α,β-unsaturated/α-hetero) is 1. The highest BCUT2D eigenvalue weighted by Crippen LogP contribution is 2.21. The number of hydrogen-bond donors (Lipinski definition) is 0. The number of carbonyl (C=O) groups is 1. The van der Waals surface area contributed by atoms with Crippen molar-refractivity contribution < 1.29 is 4.79 Å². The number of nitrogens with zero attached hydrogens (tertiary/aromatic N) is 3. The smallest absolute Gasteiger partial charge is 0.135 e. The standard InChI is InChI=1S/C21H37N3O/c1-5-18(4)20-13-22-24(16-20)15-19-9-8-12-23(14-19)11-7-6-10-21(25)17(2)3/h13,16-19H,5-12,14-15H2,1-4H3/t18?,19-/m0/s1. The summed E-state index contributed by atoms with van der Waals surface area (Å²) >= 11 is 0. The lowest BCUT2D eigenvalue weighted by Gasteiger charge is -2.32. The number of unbranched alkanes of at least 4 members (excludes halogenated alkanes) is 1. The molecule has 0 amide bonds. The lowest BCUT2D eigenvalue weighted by atomic mass is 9.97. The summed E-state index contributed by atoms with van der Waals surface area (Å²) in [5.41, 5.74) is 1.37. The summed E-state index contributed by atoms with van der Waals surface area (Å²) in [6.07, 6.45) is 11.0. The second kappa shape index (κ2) is 10.1. The molecule has 1 aromatic heterocycles. The van der Waals surface area contributed by atoms with Crippen LogP contribution in [0, 0.1) is 11.8 Å². The quantitative estimate of drug-likeness (QED) is 0.585. The molecule has 1 fully saturated rings. The van der Waals surface area contributed by atoms with Crippen molar-refractivity contribution in [2.75, 3.05) is 19.6 Å². The van der Waals surface area contributed by atoms with E-state index in [1.165, 1.54) is 37.9 Å². The van der Waals surface area contributed by atoms with Crippen LogP contribution in [0.5, 0.6) is 0 Å². The van der Waals surface area contributed by atoms with Crippen LogP contribution in [0.25, 0.3) is 0 Å². The molecule has 25 heavy (non-hydrogen) atoms. The minimum Gasteiger partial charge on any atom is -0.303 e. The van der Waals surface area contributed by atoms with Crippen molar-refractivity contribution >= 4 is 5.78 Å². The molecule has 1 aromatic rings. The second-order valence-corrected chi connectivity index (χ2v) is 8.19. The van der Waals surface area contributed by atoms with Crippen LogP contribution in [0.4, 0.5) is 0 Å². The van der Waals surface area contributed by atoms with E-state index in [0.29, 0.717) is 17.6 Å². The largest absolute Gasteiger partial charge is 0.303 e. The number of carbonyl (C=O) groups excluding carboxylic acids is 1. The number of ketones is 1. The minimum atomic E-state index is 0.189. The van der Waals surface area contributed by atoms with E-state index >= 15 is 0 Å². The van der Waals surface area contributed by atoms with E-state index in [9.17, 15) is 4.79 Å². The predicted molar refractivity (Wildman–Crippen MR) is 104 cm³/mol. The number of aromatic nitrogens is 2. The van der Waals surface area contributed by atoms with Crippen LogP contribution in [0.3, 0.4) is 0 Å². The fourth-order valence-electron chi connectivity index (χ4n) is 3.66. The van der Waals surface area contributed by atoms with Crippen LogP contribution in [0.15, 0.2) is 12.4 Å². The fourth-order valence-corrected chi connectivity index (χ4v) is 3.66. The predicted octanol–water partition coefficient (Wildman–Crippen LogP) is 4.50. The maximum atomic E-state index is 11.7. The molecular weight excluding hydrogens is 310 g/mol. The van der Waals surface area contributed by atoms with Crippen molar-refractivity contribution in [3.8, 4) is 0 Å². The zero-order chi connectivity index (χ0) is 18.2. The summed E-state index contributed by atoms with van der Waals surface area (Å²) in [4.78, 5) is 14.3. The van der Waals surface area contributed by atoms with Crippen molar-refractivity contribution in [3.05, 3.63) is 18.0 Å². The van der Waals surface area contributed by atoms with Crippen molar-refractivity contribution in [1.29, 1.82) is 0 Å². The van der Waals surface area contributed by atoms with Gasteiger partial charge in [0.1, 0.15) is 5.78 Å². The molecule has 1 saturated heterocycles. The first-order valence-corrected chi connectivity index (χ1v) is 10.3. The summed E-state index contributed by atoms with van der Waals surface area (Å²) in [5.74, 6) is 1.90. The van der Waals surface area contributed by atoms with Gasteiger partial charge in [-0.1, -0.05) is 27.7 Å². The number of piperidine rings is 1. The molecule has 0 aliphatic carbocycles. The highest BCUT2D eigenvalue weighted by molar-refractivity contribution is 5.80. The van der Waals surface area contributed by atoms with Gasteiger partial charge in [0.05, 0.1) is 6.20 Å². The molecule has 0 spiro atoms. The lowest BCUT2D eigenvalue weighted by Crippen LogP contribution is -2.37. The average molecular weight is 348 g/mol. The van der Waals surface area contributed by atoms with E-state index in [4.69, 9.17) is 0 Å². The van der Waals surface area contributed by atoms with Crippen LogP contribution >= 0.6 is 0 Å². The van der Waals surface area contributed by atoms with Gasteiger partial charge in [0.15, 0.2) is 0 Å². The topological polar surface area (TPSA) is 38.1 Å². The lowest BCUT2D eigenvalue weighted by molar-refractivity contribution is -0.122. The molecule has 142 valence electrons. The van der Waals surface area contributed by atoms with Gasteiger partial charge in [-0.3, -0.25) is 9.48 Å². The molecule has 0 saturated carbocycles. The third-order valence-electron chi connectivity index (χ3n) is 5.67. The molecule has 0 N–H and O–H groups in total. The van der Waals surface area contributed by atoms with Crippen LogP contribution < -0.4 is 0 Å². The van der Waals surface area contributed by atoms with Crippen LogP contribution in [0.1, 0.15) is 77.7 Å². The zero-order valence-electron chi connectivity index (χ0n) is 16.7. The molecule has 1 aliphatic rings. The minimum absolute atomic E-state index is 0.189. The fraction of sp³-hybridized carbons (Fsp3) is 0.810. The van der Waals surface area contributed by atoms with Crippen molar-refractivity contribution in [3.63, 3.8) is 0 Å². The highest BCUT2D eigenvalue weighted by Gasteiger charge is 2.20. The Kier molecular flexibility index (Phi) is 8.14. The maximum absolute atomic E-state index is 11.7. The van der Waals surface area contributed by atoms with E-state index in [0.717, 1.165) is 32.4 Å². The highest BCUT2D eigenvalue weighted by atomic mass is 16.1. The van der Waals surface area contributed by atoms with E-state index in [1.807, 2.05) is 20.0 Å². The first kappa shape index (κ1) is 20.2. The zero-order valence-corrected chi connectivity index (χ0v) is 16.7. The summed E-state index contributed by atoms with van der Waals surface area (Å²) in [6, 6.07) is 0. The molecule has 0 aromatic carbocycles. The summed E-state index contributed by atoms with van der Waals surface area (Å²) < 4.78 is 2.15. The van der Waals surface area contributed by atoms with Crippen molar-refractivity contribution in [1.82, 2.24) is 14.7 Å². The molecule has 1 aliphatic heterocycles. The molecule has 4 nitrogen and oxygen atoms in total. The van der Waals surface area contributed by atoms with Gasteiger partial charge in [0.25, 0.3) is 0 Å². The Labute approximate surface area is 154 Å². The number of hydrogen-bond acceptors (Lipinski definition) is 3. The van der Waals surface area contributed by atoms with Gasteiger partial charge < -0.3 is 4.90 Å². The van der Waals surface area contributed by atoms with E-state index in [2.05, 4.69) is 34.7 Å². The molecule has 1 unspecified atom stereocenters. The molecular formula is C21H37N3O. The summed E-state index contributed by atoms with van der Waals surface area (Å²) in [7, 11) is 0. The van der Waals surface area contributed by atoms with Crippen molar-refractivity contribution in [2.45, 2.75) is 78.7 Å². The average Bonchev–Trinajstić information content (AvgIpc) is 3.06. The third-order valence-corrected chi connectivity index (χ3v) is 5.67. The third kappa shape index (κ3) is 6.58.